The Morgan fingerprint density at radius 3 is 2.29 bits per heavy atom. The molecule has 5 rings (SSSR count). The Hall–Kier alpha value is -3.64. The van der Waals surface area contributed by atoms with E-state index in [0.717, 1.165) is 17.0 Å². The van der Waals surface area contributed by atoms with Crippen molar-refractivity contribution in [2.75, 3.05) is 5.75 Å². The zero-order chi connectivity index (χ0) is 23.7. The third-order valence-electron chi connectivity index (χ3n) is 6.11. The lowest BCUT2D eigenvalue weighted by atomic mass is 10.1. The summed E-state index contributed by atoms with van der Waals surface area (Å²) >= 11 is 1.60. The van der Waals surface area contributed by atoms with Crippen molar-refractivity contribution < 1.29 is 9.18 Å². The number of hydrogen-bond donors (Lipinski definition) is 1. The molecule has 1 amide bonds. The van der Waals surface area contributed by atoms with Gasteiger partial charge in [-0.2, -0.15) is 5.10 Å². The lowest BCUT2D eigenvalue weighted by molar-refractivity contribution is -0.118. The molecule has 1 N–H and O–H groups in total. The fourth-order valence-corrected chi connectivity index (χ4v) is 5.73. The van der Waals surface area contributed by atoms with Gasteiger partial charge in [-0.3, -0.25) is 4.79 Å². The number of nitrogens with one attached hydrogen (secondary N) is 1. The molecule has 0 unspecified atom stereocenters. The lowest BCUT2D eigenvalue weighted by Gasteiger charge is -2.12. The minimum absolute atomic E-state index is 0.127. The minimum Gasteiger partial charge on any atom is -0.315 e. The molecule has 0 radical (unpaired) electrons. The molecular weight excluding hydrogens is 445 g/mol. The number of halogens is 1. The Balaban J connectivity index is 1.25. The van der Waals surface area contributed by atoms with Crippen LogP contribution < -0.4 is 5.43 Å². The molecule has 0 spiro atoms. The molecule has 0 saturated carbocycles. The van der Waals surface area contributed by atoms with Crippen LogP contribution in [-0.4, -0.2) is 22.4 Å². The Morgan fingerprint density at radius 2 is 1.62 bits per heavy atom. The van der Waals surface area contributed by atoms with Gasteiger partial charge in [0.2, 0.25) is 5.91 Å². The van der Waals surface area contributed by atoms with Gasteiger partial charge in [0.1, 0.15) is 5.82 Å². The molecule has 170 valence electrons. The van der Waals surface area contributed by atoms with E-state index >= 15 is 0 Å². The van der Waals surface area contributed by atoms with Crippen molar-refractivity contribution in [1.29, 1.82) is 0 Å². The van der Waals surface area contributed by atoms with Crippen molar-refractivity contribution in [3.63, 3.8) is 0 Å². The molecule has 4 nitrogen and oxygen atoms in total. The lowest BCUT2D eigenvalue weighted by Crippen LogP contribution is -2.20. The molecule has 6 heteroatoms. The van der Waals surface area contributed by atoms with Crippen LogP contribution in [0.25, 0.3) is 16.8 Å². The molecule has 0 aliphatic heterocycles. The van der Waals surface area contributed by atoms with Crippen molar-refractivity contribution in [2.45, 2.75) is 19.1 Å². The van der Waals surface area contributed by atoms with Crippen LogP contribution in [0.3, 0.4) is 0 Å². The van der Waals surface area contributed by atoms with Gasteiger partial charge in [-0.1, -0.05) is 60.7 Å². The van der Waals surface area contributed by atoms with Crippen LogP contribution in [0.4, 0.5) is 4.39 Å². The van der Waals surface area contributed by atoms with Gasteiger partial charge < -0.3 is 4.57 Å². The maximum Gasteiger partial charge on any atom is 0.250 e. The number of aromatic nitrogens is 1. The van der Waals surface area contributed by atoms with Crippen LogP contribution in [0.1, 0.15) is 33.3 Å². The number of hydrogen-bond acceptors (Lipinski definition) is 3. The average molecular weight is 470 g/mol. The second kappa shape index (κ2) is 9.31. The normalized spacial score (nSPS) is 12.7. The number of benzene rings is 3. The summed E-state index contributed by atoms with van der Waals surface area (Å²) in [5.74, 6) is -0.155. The van der Waals surface area contributed by atoms with E-state index in [0.29, 0.717) is 11.4 Å². The van der Waals surface area contributed by atoms with E-state index in [1.165, 1.54) is 28.3 Å². The molecule has 3 aromatic carbocycles. The highest BCUT2D eigenvalue weighted by Gasteiger charge is 2.28. The first-order chi connectivity index (χ1) is 16.5. The third-order valence-corrected chi connectivity index (χ3v) is 7.38. The largest absolute Gasteiger partial charge is 0.315 e. The highest BCUT2D eigenvalue weighted by Crippen LogP contribution is 2.49. The number of carbonyl (C=O) groups excluding carboxylic acids is 1. The van der Waals surface area contributed by atoms with Gasteiger partial charge >= 0.3 is 0 Å². The summed E-state index contributed by atoms with van der Waals surface area (Å²) in [4.78, 5) is 12.5. The van der Waals surface area contributed by atoms with Gasteiger partial charge in [0.25, 0.3) is 0 Å². The number of hydrazone groups is 1. The Morgan fingerprint density at radius 1 is 1.00 bits per heavy atom. The van der Waals surface area contributed by atoms with E-state index in [9.17, 15) is 9.18 Å². The minimum atomic E-state index is -0.284. The van der Waals surface area contributed by atoms with Gasteiger partial charge in [-0.15, -0.1) is 11.8 Å². The molecule has 1 aromatic heterocycles. The summed E-state index contributed by atoms with van der Waals surface area (Å²) in [7, 11) is 0. The van der Waals surface area contributed by atoms with Crippen molar-refractivity contribution >= 4 is 23.9 Å². The van der Waals surface area contributed by atoms with Crippen molar-refractivity contribution in [2.24, 2.45) is 5.10 Å². The average Bonchev–Trinajstić information content (AvgIpc) is 3.31. The highest BCUT2D eigenvalue weighted by atomic mass is 32.2. The molecule has 1 aliphatic carbocycles. The number of rotatable bonds is 6. The van der Waals surface area contributed by atoms with Crippen LogP contribution in [0.5, 0.6) is 0 Å². The number of aryl methyl sites for hydroxylation is 1. The summed E-state index contributed by atoms with van der Waals surface area (Å²) in [5.41, 5.74) is 10.7. The van der Waals surface area contributed by atoms with Crippen molar-refractivity contribution in [3.05, 3.63) is 113 Å². The predicted octanol–water partition coefficient (Wildman–Crippen LogP) is 6.19. The number of thioether (sulfide) groups is 1. The van der Waals surface area contributed by atoms with Crippen LogP contribution in [0, 0.1) is 19.7 Å². The maximum absolute atomic E-state index is 14.3. The van der Waals surface area contributed by atoms with Crippen LogP contribution in [0.15, 0.2) is 84.0 Å². The van der Waals surface area contributed by atoms with E-state index in [4.69, 9.17) is 0 Å². The van der Waals surface area contributed by atoms with Gasteiger partial charge in [0.05, 0.1) is 22.9 Å². The second-order valence-electron chi connectivity index (χ2n) is 8.27. The van der Waals surface area contributed by atoms with Crippen LogP contribution in [-0.2, 0) is 4.79 Å². The Kier molecular flexibility index (Phi) is 6.07. The molecule has 34 heavy (non-hydrogen) atoms. The van der Waals surface area contributed by atoms with E-state index in [-0.39, 0.29) is 17.0 Å². The zero-order valence-corrected chi connectivity index (χ0v) is 19.8. The smallest absolute Gasteiger partial charge is 0.250 e. The molecule has 1 aliphatic rings. The number of para-hydroxylation sites is 1. The summed E-state index contributed by atoms with van der Waals surface area (Å²) in [6.45, 7) is 3.83. The quantitative estimate of drug-likeness (QED) is 0.270. The summed E-state index contributed by atoms with van der Waals surface area (Å²) in [5, 5.41) is 4.29. The van der Waals surface area contributed by atoms with E-state index in [2.05, 4.69) is 34.8 Å². The molecule has 0 saturated heterocycles. The molecule has 0 bridgehead atoms. The number of carbonyl (C=O) groups is 1. The summed E-state index contributed by atoms with van der Waals surface area (Å²) in [6, 6.07) is 25.3. The van der Waals surface area contributed by atoms with E-state index in [1.807, 2.05) is 54.8 Å². The first-order valence-electron chi connectivity index (χ1n) is 11.1. The van der Waals surface area contributed by atoms with Crippen molar-refractivity contribution in [1.82, 2.24) is 9.99 Å². The predicted molar refractivity (Wildman–Crippen MR) is 137 cm³/mol. The van der Waals surface area contributed by atoms with Gasteiger partial charge in [0, 0.05) is 17.0 Å². The SMILES string of the molecule is Cc1cc(/C=N/NC(=O)CSC2c3ccccc3-c3ccccc32)c(C)n1-c1ccccc1F. The maximum atomic E-state index is 14.3. The molecule has 0 atom stereocenters. The second-order valence-corrected chi connectivity index (χ2v) is 9.37. The highest BCUT2D eigenvalue weighted by molar-refractivity contribution is 8.00. The van der Waals surface area contributed by atoms with Crippen molar-refractivity contribution in [3.8, 4) is 16.8 Å². The Labute approximate surface area is 202 Å². The zero-order valence-electron chi connectivity index (χ0n) is 19.0. The summed E-state index contributed by atoms with van der Waals surface area (Å²) < 4.78 is 16.1. The van der Waals surface area contributed by atoms with Crippen LogP contribution in [0.2, 0.25) is 0 Å². The Bertz CT molecular complexity index is 1360. The third kappa shape index (κ3) is 4.05. The molecule has 4 aromatic rings. The molecular formula is C28H24FN3OS. The topological polar surface area (TPSA) is 46.4 Å². The number of nitrogens with zero attached hydrogens (tertiary/aromatic N) is 2. The van der Waals surface area contributed by atoms with E-state index in [1.54, 1.807) is 30.1 Å². The molecule has 1 heterocycles. The fraction of sp³-hybridized carbons (Fsp3) is 0.143. The van der Waals surface area contributed by atoms with Gasteiger partial charge in [-0.05, 0) is 54.3 Å². The summed E-state index contributed by atoms with van der Waals surface area (Å²) in [6.07, 6.45) is 1.61. The number of fused-ring (bicyclic) bond motifs is 3. The fourth-order valence-electron chi connectivity index (χ4n) is 4.58. The first-order valence-corrected chi connectivity index (χ1v) is 12.1. The monoisotopic (exact) mass is 469 g/mol. The molecule has 0 fully saturated rings. The van der Waals surface area contributed by atoms with Gasteiger partial charge in [0.15, 0.2) is 0 Å². The van der Waals surface area contributed by atoms with Gasteiger partial charge in [-0.25, -0.2) is 9.82 Å². The standard InChI is InChI=1S/C28H24FN3OS/c1-18-15-20(19(2)32(18)26-14-8-7-13-25(26)29)16-30-31-27(33)17-34-28-23-11-5-3-9-21(23)22-10-4-6-12-24(22)28/h3-16,28H,17H2,1-2H3,(H,31,33)/b30-16+. The van der Waals surface area contributed by atoms with E-state index < -0.39 is 0 Å². The first kappa shape index (κ1) is 22.2. The van der Waals surface area contributed by atoms with Crippen LogP contribution >= 0.6 is 11.8 Å². The number of amides is 1.